The molecule has 1 N–H and O–H groups in total. The molecule has 0 aliphatic rings. The quantitative estimate of drug-likeness (QED) is 0.478. The number of aryl methyl sites for hydroxylation is 1. The number of amides is 1. The van der Waals surface area contributed by atoms with E-state index in [2.05, 4.69) is 14.8 Å². The second-order valence-electron chi connectivity index (χ2n) is 6.84. The molecule has 0 unspecified atom stereocenters. The SMILES string of the molecule is Cc1nn(-c2ccccc2)c2ncc(C(=O)NS(=O)(=O)CCOc3ccccc3)cc12. The van der Waals surface area contributed by atoms with Gasteiger partial charge in [-0.3, -0.25) is 4.79 Å². The van der Waals surface area contributed by atoms with Crippen molar-refractivity contribution in [3.63, 3.8) is 0 Å². The number of ether oxygens (including phenoxy) is 1. The van der Waals surface area contributed by atoms with Crippen LogP contribution in [-0.2, 0) is 10.0 Å². The molecule has 0 aliphatic heterocycles. The number of sulfonamides is 1. The van der Waals surface area contributed by atoms with Crippen LogP contribution < -0.4 is 9.46 Å². The van der Waals surface area contributed by atoms with Crippen molar-refractivity contribution in [2.24, 2.45) is 0 Å². The van der Waals surface area contributed by atoms with Gasteiger partial charge in [-0.1, -0.05) is 36.4 Å². The zero-order valence-electron chi connectivity index (χ0n) is 16.7. The molecule has 4 rings (SSSR count). The Hall–Kier alpha value is -3.72. The van der Waals surface area contributed by atoms with E-state index in [1.54, 1.807) is 35.0 Å². The Morgan fingerprint density at radius 1 is 1.06 bits per heavy atom. The number of benzene rings is 2. The minimum atomic E-state index is -3.87. The van der Waals surface area contributed by atoms with Gasteiger partial charge < -0.3 is 4.74 Å². The second kappa shape index (κ2) is 8.57. The topological polar surface area (TPSA) is 103 Å². The highest BCUT2D eigenvalue weighted by Gasteiger charge is 2.19. The molecule has 0 fully saturated rings. The van der Waals surface area contributed by atoms with E-state index >= 15 is 0 Å². The van der Waals surface area contributed by atoms with Crippen molar-refractivity contribution in [2.75, 3.05) is 12.4 Å². The summed E-state index contributed by atoms with van der Waals surface area (Å²) in [5.41, 5.74) is 2.24. The lowest BCUT2D eigenvalue weighted by atomic mass is 10.2. The summed E-state index contributed by atoms with van der Waals surface area (Å²) in [6.07, 6.45) is 1.34. The van der Waals surface area contributed by atoms with Crippen LogP contribution in [-0.4, -0.2) is 41.4 Å². The first-order valence-electron chi connectivity index (χ1n) is 9.56. The lowest BCUT2D eigenvalue weighted by Gasteiger charge is -2.09. The molecule has 0 spiro atoms. The van der Waals surface area contributed by atoms with Crippen LogP contribution in [0.2, 0.25) is 0 Å². The van der Waals surface area contributed by atoms with E-state index in [-0.39, 0.29) is 17.9 Å². The molecule has 2 aromatic heterocycles. The number of para-hydroxylation sites is 2. The number of carbonyl (C=O) groups excluding carboxylic acids is 1. The normalized spacial score (nSPS) is 11.4. The fourth-order valence-electron chi connectivity index (χ4n) is 3.05. The van der Waals surface area contributed by atoms with Gasteiger partial charge in [0.1, 0.15) is 18.1 Å². The summed E-state index contributed by atoms with van der Waals surface area (Å²) in [5, 5.41) is 5.16. The Kier molecular flexibility index (Phi) is 5.68. The van der Waals surface area contributed by atoms with Crippen LogP contribution in [0.4, 0.5) is 0 Å². The first-order chi connectivity index (χ1) is 14.9. The molecule has 0 saturated carbocycles. The smallest absolute Gasteiger partial charge is 0.266 e. The van der Waals surface area contributed by atoms with Crippen LogP contribution in [0.15, 0.2) is 72.9 Å². The maximum Gasteiger partial charge on any atom is 0.266 e. The number of hydrogen-bond donors (Lipinski definition) is 1. The van der Waals surface area contributed by atoms with Gasteiger partial charge in [-0.2, -0.15) is 5.10 Å². The number of pyridine rings is 1. The summed E-state index contributed by atoms with van der Waals surface area (Å²) >= 11 is 0. The third-order valence-electron chi connectivity index (χ3n) is 4.58. The molecular weight excluding hydrogens is 416 g/mol. The van der Waals surface area contributed by atoms with Gasteiger partial charge in [-0.05, 0) is 37.3 Å². The fraction of sp³-hybridized carbons (Fsp3) is 0.136. The van der Waals surface area contributed by atoms with E-state index in [1.807, 2.05) is 43.3 Å². The molecular formula is C22H20N4O4S. The summed E-state index contributed by atoms with van der Waals surface area (Å²) in [6, 6.07) is 20.0. The van der Waals surface area contributed by atoms with E-state index < -0.39 is 15.9 Å². The van der Waals surface area contributed by atoms with Gasteiger partial charge in [-0.15, -0.1) is 0 Å². The number of aromatic nitrogens is 3. The summed E-state index contributed by atoms with van der Waals surface area (Å²) in [5.74, 6) is -0.542. The zero-order chi connectivity index (χ0) is 21.8. The molecule has 0 bridgehead atoms. The summed E-state index contributed by atoms with van der Waals surface area (Å²) in [4.78, 5) is 16.9. The number of hydrogen-bond acceptors (Lipinski definition) is 6. The highest BCUT2D eigenvalue weighted by atomic mass is 32.2. The number of fused-ring (bicyclic) bond motifs is 1. The summed E-state index contributed by atoms with van der Waals surface area (Å²) < 4.78 is 33.7. The van der Waals surface area contributed by atoms with Crippen molar-refractivity contribution in [1.29, 1.82) is 0 Å². The molecule has 2 heterocycles. The molecule has 158 valence electrons. The molecule has 4 aromatic rings. The van der Waals surface area contributed by atoms with E-state index in [0.717, 1.165) is 5.69 Å². The van der Waals surface area contributed by atoms with Gasteiger partial charge in [0.05, 0.1) is 16.9 Å². The Labute approximate surface area is 179 Å². The van der Waals surface area contributed by atoms with Crippen LogP contribution >= 0.6 is 0 Å². The highest BCUT2D eigenvalue weighted by molar-refractivity contribution is 7.90. The molecule has 0 radical (unpaired) electrons. The molecule has 8 nitrogen and oxygen atoms in total. The van der Waals surface area contributed by atoms with Gasteiger partial charge in [0.25, 0.3) is 5.91 Å². The largest absolute Gasteiger partial charge is 0.492 e. The monoisotopic (exact) mass is 436 g/mol. The van der Waals surface area contributed by atoms with E-state index in [0.29, 0.717) is 22.5 Å². The van der Waals surface area contributed by atoms with E-state index in [1.165, 1.54) is 6.20 Å². The maximum atomic E-state index is 12.5. The molecule has 0 atom stereocenters. The van der Waals surface area contributed by atoms with Crippen LogP contribution in [0.3, 0.4) is 0 Å². The van der Waals surface area contributed by atoms with Gasteiger partial charge in [0.2, 0.25) is 10.0 Å². The fourth-order valence-corrected chi connectivity index (χ4v) is 3.86. The number of nitrogens with one attached hydrogen (secondary N) is 1. The van der Waals surface area contributed by atoms with E-state index in [4.69, 9.17) is 4.74 Å². The molecule has 31 heavy (non-hydrogen) atoms. The van der Waals surface area contributed by atoms with Gasteiger partial charge in [-0.25, -0.2) is 22.8 Å². The predicted molar refractivity (Wildman–Crippen MR) is 117 cm³/mol. The second-order valence-corrected chi connectivity index (χ2v) is 8.68. The molecule has 2 aromatic carbocycles. The Morgan fingerprint density at radius 2 is 1.74 bits per heavy atom. The van der Waals surface area contributed by atoms with Crippen molar-refractivity contribution in [3.8, 4) is 11.4 Å². The lowest BCUT2D eigenvalue weighted by Crippen LogP contribution is -2.34. The van der Waals surface area contributed by atoms with Crippen molar-refractivity contribution in [2.45, 2.75) is 6.92 Å². The highest BCUT2D eigenvalue weighted by Crippen LogP contribution is 2.21. The standard InChI is InChI=1S/C22H20N4O4S/c1-16-20-14-17(15-23-21(20)26(24-16)18-8-4-2-5-9-18)22(27)25-31(28,29)13-12-30-19-10-6-3-7-11-19/h2-11,14-15H,12-13H2,1H3,(H,25,27). The van der Waals surface area contributed by atoms with Gasteiger partial charge in [0, 0.05) is 11.6 Å². The lowest BCUT2D eigenvalue weighted by molar-refractivity contribution is 0.0981. The van der Waals surface area contributed by atoms with Crippen LogP contribution in [0, 0.1) is 6.92 Å². The van der Waals surface area contributed by atoms with Crippen molar-refractivity contribution in [1.82, 2.24) is 19.5 Å². The molecule has 0 saturated heterocycles. The Morgan fingerprint density at radius 3 is 2.45 bits per heavy atom. The van der Waals surface area contributed by atoms with Crippen LogP contribution in [0.1, 0.15) is 16.1 Å². The van der Waals surface area contributed by atoms with Crippen LogP contribution in [0.25, 0.3) is 16.7 Å². The number of rotatable bonds is 7. The molecule has 9 heteroatoms. The predicted octanol–water partition coefficient (Wildman–Crippen LogP) is 2.87. The Balaban J connectivity index is 1.48. The maximum absolute atomic E-state index is 12.5. The minimum absolute atomic E-state index is 0.0765. The number of nitrogens with zero attached hydrogens (tertiary/aromatic N) is 3. The minimum Gasteiger partial charge on any atom is -0.492 e. The van der Waals surface area contributed by atoms with Crippen LogP contribution in [0.5, 0.6) is 5.75 Å². The van der Waals surface area contributed by atoms with Gasteiger partial charge >= 0.3 is 0 Å². The first kappa shape index (κ1) is 20.5. The summed E-state index contributed by atoms with van der Waals surface area (Å²) in [7, 11) is -3.87. The average molecular weight is 436 g/mol. The van der Waals surface area contributed by atoms with Gasteiger partial charge in [0.15, 0.2) is 5.65 Å². The zero-order valence-corrected chi connectivity index (χ0v) is 17.5. The summed E-state index contributed by atoms with van der Waals surface area (Å²) in [6.45, 7) is 1.73. The molecule has 1 amide bonds. The first-order valence-corrected chi connectivity index (χ1v) is 11.2. The van der Waals surface area contributed by atoms with Crippen molar-refractivity contribution in [3.05, 3.63) is 84.2 Å². The Bertz CT molecular complexity index is 1320. The number of carbonyl (C=O) groups is 1. The average Bonchev–Trinajstić information content (AvgIpc) is 3.10. The van der Waals surface area contributed by atoms with Crippen molar-refractivity contribution >= 4 is 27.0 Å². The third kappa shape index (κ3) is 4.72. The van der Waals surface area contributed by atoms with E-state index in [9.17, 15) is 13.2 Å². The van der Waals surface area contributed by atoms with Crippen molar-refractivity contribution < 1.29 is 17.9 Å². The molecule has 0 aliphatic carbocycles. The third-order valence-corrected chi connectivity index (χ3v) is 5.78.